The third-order valence-electron chi connectivity index (χ3n) is 4.89. The van der Waals surface area contributed by atoms with Crippen molar-refractivity contribution in [3.8, 4) is 0 Å². The molecule has 146 valence electrons. The normalized spacial score (nSPS) is 14.4. The maximum absolute atomic E-state index is 12.3. The lowest BCUT2D eigenvalue weighted by Gasteiger charge is -2.28. The van der Waals surface area contributed by atoms with Gasteiger partial charge in [0.2, 0.25) is 5.91 Å². The lowest BCUT2D eigenvalue weighted by atomic mass is 10.1. The summed E-state index contributed by atoms with van der Waals surface area (Å²) in [7, 11) is 0. The van der Waals surface area contributed by atoms with Gasteiger partial charge < -0.3 is 14.7 Å². The van der Waals surface area contributed by atoms with Gasteiger partial charge in [-0.15, -0.1) is 0 Å². The van der Waals surface area contributed by atoms with Gasteiger partial charge in [-0.25, -0.2) is 4.98 Å². The number of fused-ring (bicyclic) bond motifs is 1. The second-order valence-electron chi connectivity index (χ2n) is 7.01. The molecule has 0 unspecified atom stereocenters. The first-order valence-corrected chi connectivity index (χ1v) is 9.91. The molecular formula is C20H22ClN5O2. The molecule has 4 rings (SSSR count). The van der Waals surface area contributed by atoms with E-state index < -0.39 is 0 Å². The van der Waals surface area contributed by atoms with Crippen LogP contribution in [0.1, 0.15) is 37.2 Å². The molecule has 0 radical (unpaired) electrons. The predicted molar refractivity (Wildman–Crippen MR) is 109 cm³/mol. The zero-order valence-electron chi connectivity index (χ0n) is 15.7. The Bertz CT molecular complexity index is 980. The van der Waals surface area contributed by atoms with Gasteiger partial charge in [0, 0.05) is 36.6 Å². The number of anilines is 2. The highest BCUT2D eigenvalue weighted by atomic mass is 35.5. The summed E-state index contributed by atoms with van der Waals surface area (Å²) in [4.78, 5) is 23.8. The van der Waals surface area contributed by atoms with Crippen LogP contribution in [-0.2, 0) is 11.2 Å². The maximum atomic E-state index is 12.3. The van der Waals surface area contributed by atoms with Crippen LogP contribution < -0.4 is 10.2 Å². The topological polar surface area (TPSA) is 84.1 Å². The Balaban J connectivity index is 1.50. The van der Waals surface area contributed by atoms with Crippen molar-refractivity contribution >= 4 is 40.1 Å². The molecule has 8 heteroatoms. The Kier molecular flexibility index (Phi) is 5.43. The lowest BCUT2D eigenvalue weighted by Crippen LogP contribution is -2.30. The fourth-order valence-corrected chi connectivity index (χ4v) is 3.57. The van der Waals surface area contributed by atoms with Crippen LogP contribution >= 0.6 is 11.6 Å². The highest BCUT2D eigenvalue weighted by molar-refractivity contribution is 6.30. The third kappa shape index (κ3) is 4.09. The molecule has 3 heterocycles. The summed E-state index contributed by atoms with van der Waals surface area (Å²) < 4.78 is 5.39. The van der Waals surface area contributed by atoms with Crippen LogP contribution in [0, 0.1) is 6.92 Å². The summed E-state index contributed by atoms with van der Waals surface area (Å²) in [5.74, 6) is 1.37. The van der Waals surface area contributed by atoms with Gasteiger partial charge in [-0.2, -0.15) is 4.98 Å². The molecule has 1 N–H and O–H groups in total. The molecule has 1 fully saturated rings. The highest BCUT2D eigenvalue weighted by Crippen LogP contribution is 2.29. The van der Waals surface area contributed by atoms with Crippen molar-refractivity contribution in [3.05, 3.63) is 40.8 Å². The Hall–Kier alpha value is -2.67. The maximum Gasteiger partial charge on any atom is 0.263 e. The molecule has 1 amide bonds. The van der Waals surface area contributed by atoms with Crippen LogP contribution in [0.2, 0.25) is 5.02 Å². The summed E-state index contributed by atoms with van der Waals surface area (Å²) >= 11 is 5.87. The van der Waals surface area contributed by atoms with E-state index in [0.717, 1.165) is 42.8 Å². The summed E-state index contributed by atoms with van der Waals surface area (Å²) in [5, 5.41) is 8.42. The van der Waals surface area contributed by atoms with E-state index in [0.29, 0.717) is 28.7 Å². The average molecular weight is 400 g/mol. The second kappa shape index (κ2) is 8.14. The zero-order chi connectivity index (χ0) is 19.5. The predicted octanol–water partition coefficient (Wildman–Crippen LogP) is 4.14. The number of piperidine rings is 1. The van der Waals surface area contributed by atoms with Gasteiger partial charge >= 0.3 is 0 Å². The number of halogens is 1. The zero-order valence-corrected chi connectivity index (χ0v) is 16.5. The molecule has 1 aliphatic heterocycles. The Morgan fingerprint density at radius 1 is 1.18 bits per heavy atom. The molecular weight excluding hydrogens is 378 g/mol. The Labute approximate surface area is 168 Å². The standard InChI is InChI=1S/C20H22ClN5O2/c1-13-18-19(26-11-3-2-4-12-26)23-16(24-20(18)28-25-13)9-10-17(27)22-15-7-5-14(21)6-8-15/h5-8H,2-4,9-12H2,1H3,(H,22,27). The SMILES string of the molecule is Cc1noc2nc(CCC(=O)Nc3ccc(Cl)cc3)nc(N3CCCCC3)c12. The van der Waals surface area contributed by atoms with E-state index in [4.69, 9.17) is 21.1 Å². The van der Waals surface area contributed by atoms with Crippen molar-refractivity contribution in [1.29, 1.82) is 0 Å². The van der Waals surface area contributed by atoms with E-state index >= 15 is 0 Å². The van der Waals surface area contributed by atoms with Gasteiger partial charge in [0.25, 0.3) is 5.71 Å². The van der Waals surface area contributed by atoms with Crippen molar-refractivity contribution in [2.24, 2.45) is 0 Å². The molecule has 0 saturated carbocycles. The van der Waals surface area contributed by atoms with Gasteiger partial charge in [-0.05, 0) is 50.5 Å². The smallest absolute Gasteiger partial charge is 0.263 e. The van der Waals surface area contributed by atoms with E-state index in [2.05, 4.69) is 20.4 Å². The van der Waals surface area contributed by atoms with Crippen LogP contribution in [0.3, 0.4) is 0 Å². The van der Waals surface area contributed by atoms with Gasteiger partial charge in [-0.3, -0.25) is 4.79 Å². The van der Waals surface area contributed by atoms with E-state index in [-0.39, 0.29) is 12.3 Å². The minimum Gasteiger partial charge on any atom is -0.356 e. The number of amides is 1. The number of hydrogen-bond donors (Lipinski definition) is 1. The van der Waals surface area contributed by atoms with Crippen LogP contribution in [0.25, 0.3) is 11.1 Å². The van der Waals surface area contributed by atoms with Crippen LogP contribution in [0.15, 0.2) is 28.8 Å². The highest BCUT2D eigenvalue weighted by Gasteiger charge is 2.21. The summed E-state index contributed by atoms with van der Waals surface area (Å²) in [6, 6.07) is 7.03. The van der Waals surface area contributed by atoms with Gasteiger partial charge in [0.1, 0.15) is 17.0 Å². The van der Waals surface area contributed by atoms with E-state index in [1.807, 2.05) is 6.92 Å². The molecule has 1 saturated heterocycles. The largest absolute Gasteiger partial charge is 0.356 e. The molecule has 7 nitrogen and oxygen atoms in total. The van der Waals surface area contributed by atoms with Gasteiger partial charge in [-0.1, -0.05) is 16.8 Å². The minimum atomic E-state index is -0.0979. The van der Waals surface area contributed by atoms with Gasteiger partial charge in [0.05, 0.1) is 5.69 Å². The summed E-state index contributed by atoms with van der Waals surface area (Å²) in [6.45, 7) is 3.84. The van der Waals surface area contributed by atoms with Crippen molar-refractivity contribution in [3.63, 3.8) is 0 Å². The first kappa shape index (κ1) is 18.7. The number of nitrogens with zero attached hydrogens (tertiary/aromatic N) is 4. The number of nitrogens with one attached hydrogen (secondary N) is 1. The molecule has 0 spiro atoms. The number of hydrogen-bond acceptors (Lipinski definition) is 6. The van der Waals surface area contributed by atoms with Crippen LogP contribution in [0.5, 0.6) is 0 Å². The average Bonchev–Trinajstić information content (AvgIpc) is 3.09. The number of carbonyl (C=O) groups excluding carboxylic acids is 1. The molecule has 0 bridgehead atoms. The molecule has 28 heavy (non-hydrogen) atoms. The van der Waals surface area contributed by atoms with E-state index in [1.165, 1.54) is 6.42 Å². The monoisotopic (exact) mass is 399 g/mol. The third-order valence-corrected chi connectivity index (χ3v) is 5.15. The van der Waals surface area contributed by atoms with E-state index in [9.17, 15) is 4.79 Å². The summed E-state index contributed by atoms with van der Waals surface area (Å²) in [5.41, 5.74) is 1.99. The first-order chi connectivity index (χ1) is 13.6. The molecule has 1 aromatic carbocycles. The van der Waals surface area contributed by atoms with Crippen molar-refractivity contribution in [1.82, 2.24) is 15.1 Å². The molecule has 1 aliphatic rings. The molecule has 3 aromatic rings. The number of carbonyl (C=O) groups is 1. The number of benzene rings is 1. The summed E-state index contributed by atoms with van der Waals surface area (Å²) in [6.07, 6.45) is 4.24. The molecule has 0 aliphatic carbocycles. The van der Waals surface area contributed by atoms with Gasteiger partial charge in [0.15, 0.2) is 0 Å². The second-order valence-corrected chi connectivity index (χ2v) is 7.45. The number of rotatable bonds is 5. The Morgan fingerprint density at radius 2 is 1.93 bits per heavy atom. The van der Waals surface area contributed by atoms with Crippen LogP contribution in [-0.4, -0.2) is 34.1 Å². The quantitative estimate of drug-likeness (QED) is 0.694. The molecule has 0 atom stereocenters. The number of aromatic nitrogens is 3. The van der Waals surface area contributed by atoms with Crippen molar-refractivity contribution in [2.45, 2.75) is 39.0 Å². The van der Waals surface area contributed by atoms with Crippen molar-refractivity contribution in [2.75, 3.05) is 23.3 Å². The fourth-order valence-electron chi connectivity index (χ4n) is 3.44. The van der Waals surface area contributed by atoms with Crippen molar-refractivity contribution < 1.29 is 9.32 Å². The number of aryl methyl sites for hydroxylation is 2. The minimum absolute atomic E-state index is 0.0979. The first-order valence-electron chi connectivity index (χ1n) is 9.53. The molecule has 2 aromatic heterocycles. The lowest BCUT2D eigenvalue weighted by molar-refractivity contribution is -0.116. The fraction of sp³-hybridized carbons (Fsp3) is 0.400. The van der Waals surface area contributed by atoms with Crippen LogP contribution in [0.4, 0.5) is 11.5 Å². The Morgan fingerprint density at radius 3 is 2.68 bits per heavy atom. The van der Waals surface area contributed by atoms with E-state index in [1.54, 1.807) is 24.3 Å².